The van der Waals surface area contributed by atoms with E-state index in [2.05, 4.69) is 15.6 Å². The quantitative estimate of drug-likeness (QED) is 0.631. The second-order valence-corrected chi connectivity index (χ2v) is 6.22. The van der Waals surface area contributed by atoms with Crippen LogP contribution < -0.4 is 10.6 Å². The van der Waals surface area contributed by atoms with Crippen molar-refractivity contribution >= 4 is 28.9 Å². The third-order valence-electron chi connectivity index (χ3n) is 3.86. The zero-order valence-electron chi connectivity index (χ0n) is 14.2. The predicted octanol–water partition coefficient (Wildman–Crippen LogP) is 4.92. The SMILES string of the molecule is O=C(Nc1ccc(F)c(Cl)c1)c1cncc(NCCc2ccccc2F)c1. The van der Waals surface area contributed by atoms with Crippen LogP contribution in [0.5, 0.6) is 0 Å². The third kappa shape index (κ3) is 5.01. The molecule has 0 spiro atoms. The van der Waals surface area contributed by atoms with Gasteiger partial charge in [-0.15, -0.1) is 0 Å². The van der Waals surface area contributed by atoms with E-state index in [-0.39, 0.29) is 10.8 Å². The Balaban J connectivity index is 1.61. The van der Waals surface area contributed by atoms with Crippen molar-refractivity contribution in [1.29, 1.82) is 0 Å². The molecule has 3 aromatic rings. The van der Waals surface area contributed by atoms with Crippen molar-refractivity contribution in [3.05, 3.63) is 88.7 Å². The maximum atomic E-state index is 13.6. The van der Waals surface area contributed by atoms with Crippen LogP contribution in [-0.2, 0) is 6.42 Å². The van der Waals surface area contributed by atoms with Gasteiger partial charge >= 0.3 is 0 Å². The Morgan fingerprint density at radius 2 is 1.81 bits per heavy atom. The maximum Gasteiger partial charge on any atom is 0.257 e. The van der Waals surface area contributed by atoms with Crippen molar-refractivity contribution in [2.75, 3.05) is 17.2 Å². The maximum absolute atomic E-state index is 13.6. The summed E-state index contributed by atoms with van der Waals surface area (Å²) in [5, 5.41) is 5.68. The highest BCUT2D eigenvalue weighted by atomic mass is 35.5. The van der Waals surface area contributed by atoms with Gasteiger partial charge in [-0.2, -0.15) is 0 Å². The van der Waals surface area contributed by atoms with Crippen LogP contribution in [-0.4, -0.2) is 17.4 Å². The molecule has 0 atom stereocenters. The number of nitrogens with one attached hydrogen (secondary N) is 2. The number of carbonyl (C=O) groups excluding carboxylic acids is 1. The van der Waals surface area contributed by atoms with E-state index in [0.29, 0.717) is 35.5 Å². The van der Waals surface area contributed by atoms with Crippen LogP contribution in [0.3, 0.4) is 0 Å². The smallest absolute Gasteiger partial charge is 0.257 e. The van der Waals surface area contributed by atoms with Crippen LogP contribution in [0.4, 0.5) is 20.2 Å². The van der Waals surface area contributed by atoms with E-state index in [1.807, 2.05) is 0 Å². The minimum Gasteiger partial charge on any atom is -0.383 e. The zero-order chi connectivity index (χ0) is 19.2. The van der Waals surface area contributed by atoms with E-state index >= 15 is 0 Å². The summed E-state index contributed by atoms with van der Waals surface area (Å²) in [6.07, 6.45) is 3.49. The lowest BCUT2D eigenvalue weighted by molar-refractivity contribution is 0.102. The third-order valence-corrected chi connectivity index (χ3v) is 4.15. The number of hydrogen-bond acceptors (Lipinski definition) is 3. The second-order valence-electron chi connectivity index (χ2n) is 5.81. The predicted molar refractivity (Wildman–Crippen MR) is 102 cm³/mol. The number of carbonyl (C=O) groups is 1. The molecule has 0 aliphatic heterocycles. The normalized spacial score (nSPS) is 10.5. The van der Waals surface area contributed by atoms with E-state index in [4.69, 9.17) is 11.6 Å². The van der Waals surface area contributed by atoms with Crippen LogP contribution in [0.2, 0.25) is 5.02 Å². The van der Waals surface area contributed by atoms with Crippen molar-refractivity contribution in [3.63, 3.8) is 0 Å². The Labute approximate surface area is 160 Å². The molecule has 0 unspecified atom stereocenters. The van der Waals surface area contributed by atoms with Crippen molar-refractivity contribution in [2.24, 2.45) is 0 Å². The Morgan fingerprint density at radius 3 is 2.59 bits per heavy atom. The van der Waals surface area contributed by atoms with Gasteiger partial charge < -0.3 is 10.6 Å². The largest absolute Gasteiger partial charge is 0.383 e. The summed E-state index contributed by atoms with van der Waals surface area (Å²) < 4.78 is 26.8. The summed E-state index contributed by atoms with van der Waals surface area (Å²) in [6, 6.07) is 12.1. The highest BCUT2D eigenvalue weighted by Gasteiger charge is 2.09. The molecule has 0 fully saturated rings. The monoisotopic (exact) mass is 387 g/mol. The first-order chi connectivity index (χ1) is 13.0. The Hall–Kier alpha value is -2.99. The fraction of sp³-hybridized carbons (Fsp3) is 0.100. The minimum atomic E-state index is -0.558. The molecule has 3 rings (SSSR count). The van der Waals surface area contributed by atoms with Gasteiger partial charge in [0.1, 0.15) is 11.6 Å². The van der Waals surface area contributed by atoms with Gasteiger partial charge in [0.15, 0.2) is 0 Å². The van der Waals surface area contributed by atoms with E-state index < -0.39 is 11.7 Å². The molecule has 0 radical (unpaired) electrons. The first-order valence-electron chi connectivity index (χ1n) is 8.21. The Morgan fingerprint density at radius 1 is 1.00 bits per heavy atom. The van der Waals surface area contributed by atoms with E-state index in [1.54, 1.807) is 30.5 Å². The molecule has 7 heteroatoms. The van der Waals surface area contributed by atoms with Gasteiger partial charge in [-0.3, -0.25) is 9.78 Å². The summed E-state index contributed by atoms with van der Waals surface area (Å²) >= 11 is 5.71. The van der Waals surface area contributed by atoms with Gasteiger partial charge in [-0.25, -0.2) is 8.78 Å². The van der Waals surface area contributed by atoms with E-state index in [9.17, 15) is 13.6 Å². The molecule has 138 valence electrons. The number of anilines is 2. The first kappa shape index (κ1) is 18.8. The van der Waals surface area contributed by atoms with Gasteiger partial charge in [0.2, 0.25) is 0 Å². The lowest BCUT2D eigenvalue weighted by atomic mass is 10.1. The lowest BCUT2D eigenvalue weighted by Gasteiger charge is -2.09. The molecule has 27 heavy (non-hydrogen) atoms. The van der Waals surface area contributed by atoms with Crippen molar-refractivity contribution in [1.82, 2.24) is 4.98 Å². The number of pyridine rings is 1. The first-order valence-corrected chi connectivity index (χ1v) is 8.59. The Bertz CT molecular complexity index is 965. The molecule has 0 bridgehead atoms. The fourth-order valence-electron chi connectivity index (χ4n) is 2.48. The summed E-state index contributed by atoms with van der Waals surface area (Å²) in [5.41, 5.74) is 1.95. The van der Waals surface area contributed by atoms with Crippen LogP contribution in [0.1, 0.15) is 15.9 Å². The average Bonchev–Trinajstić information content (AvgIpc) is 2.66. The molecule has 4 nitrogen and oxygen atoms in total. The molecule has 2 aromatic carbocycles. The summed E-state index contributed by atoms with van der Waals surface area (Å²) in [6.45, 7) is 0.487. The van der Waals surface area contributed by atoms with Gasteiger partial charge in [-0.1, -0.05) is 29.8 Å². The highest BCUT2D eigenvalue weighted by Crippen LogP contribution is 2.20. The van der Waals surface area contributed by atoms with E-state index in [1.165, 1.54) is 30.5 Å². The standard InChI is InChI=1S/C20H16ClF2N3O/c21-17-10-15(5-6-19(17)23)26-20(27)14-9-16(12-24-11-14)25-8-7-13-3-1-2-4-18(13)22/h1-6,9-12,25H,7-8H2,(H,26,27). The topological polar surface area (TPSA) is 54.0 Å². The van der Waals surface area contributed by atoms with Crippen LogP contribution in [0, 0.1) is 11.6 Å². The minimum absolute atomic E-state index is 0.0745. The number of halogens is 3. The number of benzene rings is 2. The van der Waals surface area contributed by atoms with Crippen molar-refractivity contribution < 1.29 is 13.6 Å². The highest BCUT2D eigenvalue weighted by molar-refractivity contribution is 6.31. The Kier molecular flexibility index (Phi) is 5.98. The number of rotatable bonds is 6. The van der Waals surface area contributed by atoms with E-state index in [0.717, 1.165) is 0 Å². The second kappa shape index (κ2) is 8.60. The number of amides is 1. The molecular weight excluding hydrogens is 372 g/mol. The van der Waals surface area contributed by atoms with Gasteiger partial charge in [-0.05, 0) is 42.3 Å². The van der Waals surface area contributed by atoms with Gasteiger partial charge in [0, 0.05) is 24.6 Å². The molecule has 2 N–H and O–H groups in total. The van der Waals surface area contributed by atoms with Crippen molar-refractivity contribution in [2.45, 2.75) is 6.42 Å². The molecule has 1 heterocycles. The molecule has 0 saturated heterocycles. The molecule has 0 aliphatic rings. The summed E-state index contributed by atoms with van der Waals surface area (Å²) in [4.78, 5) is 16.4. The average molecular weight is 388 g/mol. The molecule has 0 saturated carbocycles. The molecular formula is C20H16ClF2N3O. The summed E-state index contributed by atoms with van der Waals surface area (Å²) in [5.74, 6) is -1.20. The number of aromatic nitrogens is 1. The van der Waals surface area contributed by atoms with Crippen molar-refractivity contribution in [3.8, 4) is 0 Å². The lowest BCUT2D eigenvalue weighted by Crippen LogP contribution is -2.13. The molecule has 1 aromatic heterocycles. The fourth-order valence-corrected chi connectivity index (χ4v) is 2.66. The summed E-state index contributed by atoms with van der Waals surface area (Å²) in [7, 11) is 0. The van der Waals surface area contributed by atoms with Gasteiger partial charge in [0.05, 0.1) is 16.3 Å². The number of hydrogen-bond donors (Lipinski definition) is 2. The molecule has 1 amide bonds. The van der Waals surface area contributed by atoms with Crippen LogP contribution in [0.25, 0.3) is 0 Å². The number of nitrogens with zero attached hydrogens (tertiary/aromatic N) is 1. The van der Waals surface area contributed by atoms with Crippen LogP contribution >= 0.6 is 11.6 Å². The van der Waals surface area contributed by atoms with Gasteiger partial charge in [0.25, 0.3) is 5.91 Å². The molecule has 0 aliphatic carbocycles. The zero-order valence-corrected chi connectivity index (χ0v) is 14.9. The van der Waals surface area contributed by atoms with Crippen LogP contribution in [0.15, 0.2) is 60.9 Å².